The number of aryl methyl sites for hydroxylation is 2. The predicted molar refractivity (Wildman–Crippen MR) is 105 cm³/mol. The highest BCUT2D eigenvalue weighted by atomic mass is 32.2. The van der Waals surface area contributed by atoms with E-state index in [1.807, 2.05) is 0 Å². The average molecular weight is 405 g/mol. The van der Waals surface area contributed by atoms with Crippen LogP contribution in [-0.4, -0.2) is 36.3 Å². The SMILES string of the molecule is CCONC1=CCS(=O)(=O)c2c(C)cc(C(=O)c3c[nH]n(CC)c3=O)c(C)c21. The molecule has 0 fully saturated rings. The summed E-state index contributed by atoms with van der Waals surface area (Å²) in [5.41, 5.74) is 4.53. The average Bonchev–Trinajstić information content (AvgIpc) is 3.03. The maximum atomic E-state index is 13.1. The smallest absolute Gasteiger partial charge is 0.277 e. The lowest BCUT2D eigenvalue weighted by Gasteiger charge is -2.24. The zero-order chi connectivity index (χ0) is 20.6. The van der Waals surface area contributed by atoms with Crippen molar-refractivity contribution in [3.63, 3.8) is 0 Å². The highest BCUT2D eigenvalue weighted by molar-refractivity contribution is 7.91. The topological polar surface area (TPSA) is 110 Å². The lowest BCUT2D eigenvalue weighted by atomic mass is 9.92. The molecule has 3 rings (SSSR count). The predicted octanol–water partition coefficient (Wildman–Crippen LogP) is 1.71. The number of benzene rings is 1. The summed E-state index contributed by atoms with van der Waals surface area (Å²) in [6.45, 7) is 7.72. The number of fused-ring (bicyclic) bond motifs is 1. The van der Waals surface area contributed by atoms with Gasteiger partial charge in [-0.3, -0.25) is 24.6 Å². The van der Waals surface area contributed by atoms with Crippen molar-refractivity contribution in [3.8, 4) is 0 Å². The number of carbonyl (C=O) groups is 1. The van der Waals surface area contributed by atoms with Crippen molar-refractivity contribution in [1.29, 1.82) is 0 Å². The van der Waals surface area contributed by atoms with Crippen LogP contribution in [0.2, 0.25) is 0 Å². The molecule has 0 amide bonds. The van der Waals surface area contributed by atoms with Crippen LogP contribution in [0.4, 0.5) is 0 Å². The molecule has 2 heterocycles. The molecule has 9 heteroatoms. The van der Waals surface area contributed by atoms with E-state index in [9.17, 15) is 18.0 Å². The third kappa shape index (κ3) is 3.20. The lowest BCUT2D eigenvalue weighted by molar-refractivity contribution is 0.0896. The minimum Gasteiger partial charge on any atom is -0.302 e. The molecule has 8 nitrogen and oxygen atoms in total. The van der Waals surface area contributed by atoms with Crippen molar-refractivity contribution in [2.45, 2.75) is 39.1 Å². The first kappa shape index (κ1) is 20.1. The fraction of sp³-hybridized carbons (Fsp3) is 0.368. The molecule has 2 N–H and O–H groups in total. The minimum atomic E-state index is -3.52. The zero-order valence-electron chi connectivity index (χ0n) is 16.3. The second-order valence-electron chi connectivity index (χ2n) is 6.57. The van der Waals surface area contributed by atoms with E-state index >= 15 is 0 Å². The van der Waals surface area contributed by atoms with Gasteiger partial charge in [-0.25, -0.2) is 8.42 Å². The van der Waals surface area contributed by atoms with E-state index < -0.39 is 21.2 Å². The van der Waals surface area contributed by atoms with Crippen molar-refractivity contribution in [1.82, 2.24) is 15.3 Å². The van der Waals surface area contributed by atoms with Crippen molar-refractivity contribution in [3.05, 3.63) is 56.5 Å². The standard InChI is InChI=1S/C19H23N3O5S/c1-5-22-19(24)14(10-20-22)17(23)13-9-11(3)18-16(12(13)4)15(21-27-6-2)7-8-28(18,25)26/h7,9-10,20-21H,5-6,8H2,1-4H3. The number of aromatic amines is 1. The Kier molecular flexibility index (Phi) is 5.31. The molecule has 0 spiro atoms. The molecular weight excluding hydrogens is 382 g/mol. The molecule has 1 aromatic carbocycles. The summed E-state index contributed by atoms with van der Waals surface area (Å²) < 4.78 is 26.6. The number of nitrogens with zero attached hydrogens (tertiary/aromatic N) is 1. The number of rotatable bonds is 6. The first-order valence-electron chi connectivity index (χ1n) is 9.01. The summed E-state index contributed by atoms with van der Waals surface area (Å²) in [6.07, 6.45) is 2.92. The molecule has 0 saturated heterocycles. The quantitative estimate of drug-likeness (QED) is 0.559. The van der Waals surface area contributed by atoms with Gasteiger partial charge in [-0.1, -0.05) is 0 Å². The third-order valence-corrected chi connectivity index (χ3v) is 6.54. The van der Waals surface area contributed by atoms with Crippen LogP contribution in [-0.2, 0) is 21.2 Å². The number of hydrogen-bond acceptors (Lipinski definition) is 6. The normalized spacial score (nSPS) is 15.1. The van der Waals surface area contributed by atoms with Crippen LogP contribution in [0.15, 0.2) is 28.0 Å². The van der Waals surface area contributed by atoms with Crippen LogP contribution >= 0.6 is 0 Å². The Morgan fingerprint density at radius 1 is 1.29 bits per heavy atom. The van der Waals surface area contributed by atoms with Gasteiger partial charge in [0.25, 0.3) is 5.56 Å². The highest BCUT2D eigenvalue weighted by Gasteiger charge is 2.31. The molecule has 0 aliphatic carbocycles. The fourth-order valence-corrected chi connectivity index (χ4v) is 5.10. The Morgan fingerprint density at radius 3 is 2.61 bits per heavy atom. The van der Waals surface area contributed by atoms with Gasteiger partial charge in [0.1, 0.15) is 5.56 Å². The van der Waals surface area contributed by atoms with Crippen LogP contribution in [0.25, 0.3) is 5.70 Å². The summed E-state index contributed by atoms with van der Waals surface area (Å²) in [5.74, 6) is -0.599. The first-order chi connectivity index (χ1) is 13.2. The van der Waals surface area contributed by atoms with Gasteiger partial charge in [-0.2, -0.15) is 0 Å². The van der Waals surface area contributed by atoms with Gasteiger partial charge in [0.2, 0.25) is 0 Å². The van der Waals surface area contributed by atoms with Gasteiger partial charge >= 0.3 is 0 Å². The maximum absolute atomic E-state index is 13.1. The largest absolute Gasteiger partial charge is 0.302 e. The van der Waals surface area contributed by atoms with E-state index in [1.165, 1.54) is 17.0 Å². The molecular formula is C19H23N3O5S. The molecule has 1 aromatic heterocycles. The molecule has 1 aliphatic heterocycles. The van der Waals surface area contributed by atoms with Crippen molar-refractivity contribution >= 4 is 21.3 Å². The number of hydroxylamine groups is 1. The van der Waals surface area contributed by atoms with Crippen LogP contribution in [0, 0.1) is 13.8 Å². The second kappa shape index (κ2) is 7.40. The highest BCUT2D eigenvalue weighted by Crippen LogP contribution is 2.35. The van der Waals surface area contributed by atoms with Crippen LogP contribution in [0.1, 0.15) is 46.5 Å². The third-order valence-electron chi connectivity index (χ3n) is 4.78. The number of hydrogen-bond donors (Lipinski definition) is 2. The van der Waals surface area contributed by atoms with Gasteiger partial charge in [0.05, 0.1) is 23.0 Å². The van der Waals surface area contributed by atoms with Gasteiger partial charge in [0, 0.05) is 23.9 Å². The lowest BCUT2D eigenvalue weighted by Crippen LogP contribution is -2.25. The summed E-state index contributed by atoms with van der Waals surface area (Å²) in [5, 5.41) is 2.76. The van der Waals surface area contributed by atoms with Gasteiger partial charge in [-0.15, -0.1) is 0 Å². The van der Waals surface area contributed by atoms with Crippen molar-refractivity contribution < 1.29 is 18.0 Å². The summed E-state index contributed by atoms with van der Waals surface area (Å²) in [4.78, 5) is 30.9. The van der Waals surface area contributed by atoms with Gasteiger partial charge < -0.3 is 5.10 Å². The number of carbonyl (C=O) groups excluding carboxylic acids is 1. The van der Waals surface area contributed by atoms with Crippen LogP contribution in [0.5, 0.6) is 0 Å². The second-order valence-corrected chi connectivity index (χ2v) is 8.54. The fourth-order valence-electron chi connectivity index (χ4n) is 3.43. The number of nitrogens with one attached hydrogen (secondary N) is 2. The van der Waals surface area contributed by atoms with Crippen molar-refractivity contribution in [2.75, 3.05) is 12.4 Å². The van der Waals surface area contributed by atoms with Crippen molar-refractivity contribution in [2.24, 2.45) is 0 Å². The van der Waals surface area contributed by atoms with E-state index in [-0.39, 0.29) is 21.8 Å². The molecule has 28 heavy (non-hydrogen) atoms. The van der Waals surface area contributed by atoms with Gasteiger partial charge in [-0.05, 0) is 51.0 Å². The maximum Gasteiger partial charge on any atom is 0.277 e. The van der Waals surface area contributed by atoms with E-state index in [2.05, 4.69) is 10.6 Å². The Morgan fingerprint density at radius 2 is 2.00 bits per heavy atom. The first-order valence-corrected chi connectivity index (χ1v) is 10.7. The Labute approximate surface area is 163 Å². The summed E-state index contributed by atoms with van der Waals surface area (Å²) >= 11 is 0. The molecule has 1 aliphatic rings. The Balaban J connectivity index is 2.22. The minimum absolute atomic E-state index is 0.0197. The van der Waals surface area contributed by atoms with Crippen LogP contribution < -0.4 is 11.0 Å². The van der Waals surface area contributed by atoms with E-state index in [4.69, 9.17) is 4.84 Å². The molecule has 0 bridgehead atoms. The van der Waals surface area contributed by atoms with Gasteiger partial charge in [0.15, 0.2) is 15.6 Å². The Hall–Kier alpha value is -2.65. The monoisotopic (exact) mass is 405 g/mol. The molecule has 0 radical (unpaired) electrons. The van der Waals surface area contributed by atoms with E-state index in [0.717, 1.165) is 0 Å². The Bertz CT molecular complexity index is 1140. The van der Waals surface area contributed by atoms with E-state index in [0.29, 0.717) is 35.5 Å². The molecule has 0 atom stereocenters. The summed E-state index contributed by atoms with van der Waals surface area (Å²) in [7, 11) is -3.52. The molecule has 0 saturated carbocycles. The number of ketones is 1. The number of H-pyrrole nitrogens is 1. The molecule has 150 valence electrons. The van der Waals surface area contributed by atoms with Crippen LogP contribution in [0.3, 0.4) is 0 Å². The van der Waals surface area contributed by atoms with E-state index in [1.54, 1.807) is 33.8 Å². The molecule has 0 unspecified atom stereocenters. The summed E-state index contributed by atoms with van der Waals surface area (Å²) in [6, 6.07) is 1.54. The number of sulfone groups is 1. The number of aromatic nitrogens is 2. The molecule has 2 aromatic rings. The zero-order valence-corrected chi connectivity index (χ0v) is 17.1.